The third kappa shape index (κ3) is 5.07. The molecular weight excluding hydrogens is 358 g/mol. The Morgan fingerprint density at radius 3 is 2.58 bits per heavy atom. The van der Waals surface area contributed by atoms with Crippen LogP contribution in [-0.4, -0.2) is 40.0 Å². The molecular formula is C10H13BrClN3O3S. The smallest absolute Gasteiger partial charge is 0.249 e. The topological polar surface area (TPSA) is 78.5 Å². The van der Waals surface area contributed by atoms with Gasteiger partial charge in [0, 0.05) is 18.6 Å². The minimum absolute atomic E-state index is 0.0741. The van der Waals surface area contributed by atoms with Gasteiger partial charge in [0.25, 0.3) is 0 Å². The molecule has 0 aliphatic carbocycles. The summed E-state index contributed by atoms with van der Waals surface area (Å²) in [6.07, 6.45) is 0. The highest BCUT2D eigenvalue weighted by Gasteiger charge is 2.19. The Morgan fingerprint density at radius 2 is 2.05 bits per heavy atom. The van der Waals surface area contributed by atoms with E-state index in [0.717, 1.165) is 0 Å². The fourth-order valence-corrected chi connectivity index (χ4v) is 3.24. The summed E-state index contributed by atoms with van der Waals surface area (Å²) >= 11 is 9.04. The molecule has 1 amide bonds. The van der Waals surface area contributed by atoms with Crippen molar-refractivity contribution in [3.8, 4) is 0 Å². The molecule has 1 aromatic rings. The minimum atomic E-state index is -3.82. The van der Waals surface area contributed by atoms with Crippen LogP contribution in [-0.2, 0) is 14.8 Å². The quantitative estimate of drug-likeness (QED) is 0.757. The van der Waals surface area contributed by atoms with Crippen molar-refractivity contribution >= 4 is 43.5 Å². The number of rotatable bonds is 5. The van der Waals surface area contributed by atoms with E-state index in [1.165, 1.54) is 17.1 Å². The number of hydrogen-bond donors (Lipinski definition) is 2. The normalized spacial score (nSPS) is 11.6. The third-order valence-corrected chi connectivity index (χ3v) is 4.33. The fourth-order valence-electron chi connectivity index (χ4n) is 1.22. The number of amides is 1. The summed E-state index contributed by atoms with van der Waals surface area (Å²) in [6, 6.07) is 4.38. The summed E-state index contributed by atoms with van der Waals surface area (Å²) in [5.41, 5.74) is 2.42. The average molecular weight is 371 g/mol. The molecule has 1 rings (SSSR count). The van der Waals surface area contributed by atoms with Crippen LogP contribution in [0.5, 0.6) is 0 Å². The van der Waals surface area contributed by atoms with Gasteiger partial charge in [-0.1, -0.05) is 27.5 Å². The van der Waals surface area contributed by atoms with Crippen molar-refractivity contribution in [1.82, 2.24) is 15.2 Å². The number of sulfonamides is 1. The highest BCUT2D eigenvalue weighted by molar-refractivity contribution is 9.10. The van der Waals surface area contributed by atoms with E-state index in [1.54, 1.807) is 20.2 Å². The molecule has 2 N–H and O–H groups in total. The lowest BCUT2D eigenvalue weighted by Crippen LogP contribution is -2.43. The second-order valence-corrected chi connectivity index (χ2v) is 6.89. The van der Waals surface area contributed by atoms with Gasteiger partial charge in [-0.25, -0.2) is 18.1 Å². The zero-order chi connectivity index (χ0) is 14.6. The molecule has 106 valence electrons. The molecule has 0 heterocycles. The summed E-state index contributed by atoms with van der Waals surface area (Å²) in [6.45, 7) is -0.368. The van der Waals surface area contributed by atoms with Crippen LogP contribution in [0.4, 0.5) is 0 Å². The van der Waals surface area contributed by atoms with Crippen LogP contribution >= 0.6 is 27.5 Å². The summed E-state index contributed by atoms with van der Waals surface area (Å²) in [5.74, 6) is -0.471. The molecule has 0 aromatic heterocycles. The maximum absolute atomic E-state index is 12.0. The van der Waals surface area contributed by atoms with Crippen LogP contribution in [0.3, 0.4) is 0 Å². The van der Waals surface area contributed by atoms with Gasteiger partial charge in [-0.15, -0.1) is 0 Å². The van der Waals surface area contributed by atoms with Gasteiger partial charge in [0.05, 0.1) is 11.6 Å². The van der Waals surface area contributed by atoms with Crippen molar-refractivity contribution in [1.29, 1.82) is 0 Å². The van der Waals surface area contributed by atoms with Crippen molar-refractivity contribution in [3.63, 3.8) is 0 Å². The lowest BCUT2D eigenvalue weighted by atomic mass is 10.4. The SMILES string of the molecule is CN(C)NC(=O)CNS(=O)(=O)c1ccc(Br)cc1Cl. The van der Waals surface area contributed by atoms with E-state index in [2.05, 4.69) is 26.1 Å². The zero-order valence-electron chi connectivity index (χ0n) is 10.3. The molecule has 0 spiro atoms. The van der Waals surface area contributed by atoms with Crippen molar-refractivity contribution < 1.29 is 13.2 Å². The standard InChI is InChI=1S/C10H13BrClN3O3S/c1-15(2)14-10(16)6-13-19(17,18)9-4-3-7(11)5-8(9)12/h3-5,13H,6H2,1-2H3,(H,14,16). The molecule has 9 heteroatoms. The number of nitrogens with one attached hydrogen (secondary N) is 2. The molecule has 0 radical (unpaired) electrons. The van der Waals surface area contributed by atoms with Crippen LogP contribution in [0.2, 0.25) is 5.02 Å². The Bertz CT molecular complexity index is 577. The number of nitrogens with zero attached hydrogens (tertiary/aromatic N) is 1. The van der Waals surface area contributed by atoms with Gasteiger partial charge < -0.3 is 0 Å². The molecule has 0 bridgehead atoms. The predicted octanol–water partition coefficient (Wildman–Crippen LogP) is 0.974. The molecule has 0 aliphatic rings. The number of hydrazine groups is 1. The Balaban J connectivity index is 2.79. The molecule has 19 heavy (non-hydrogen) atoms. The molecule has 1 aromatic carbocycles. The van der Waals surface area contributed by atoms with E-state index < -0.39 is 15.9 Å². The molecule has 6 nitrogen and oxygen atoms in total. The van der Waals surface area contributed by atoms with Gasteiger partial charge in [-0.05, 0) is 18.2 Å². The largest absolute Gasteiger partial charge is 0.288 e. The number of halogens is 2. The van der Waals surface area contributed by atoms with Gasteiger partial charge in [-0.2, -0.15) is 0 Å². The van der Waals surface area contributed by atoms with E-state index in [1.807, 2.05) is 0 Å². The molecule has 0 atom stereocenters. The van der Waals surface area contributed by atoms with E-state index in [9.17, 15) is 13.2 Å². The van der Waals surface area contributed by atoms with Gasteiger partial charge in [0.2, 0.25) is 15.9 Å². The number of hydrogen-bond acceptors (Lipinski definition) is 4. The highest BCUT2D eigenvalue weighted by atomic mass is 79.9. The summed E-state index contributed by atoms with van der Waals surface area (Å²) in [7, 11) is -0.575. The van der Waals surface area contributed by atoms with Crippen molar-refractivity contribution in [2.45, 2.75) is 4.90 Å². The minimum Gasteiger partial charge on any atom is -0.288 e. The van der Waals surface area contributed by atoms with Crippen LogP contribution < -0.4 is 10.1 Å². The Labute approximate surface area is 125 Å². The second-order valence-electron chi connectivity index (χ2n) is 3.83. The molecule has 0 saturated heterocycles. The van der Waals surface area contributed by atoms with E-state index >= 15 is 0 Å². The average Bonchev–Trinajstić information content (AvgIpc) is 2.25. The predicted molar refractivity (Wildman–Crippen MR) is 76.2 cm³/mol. The maximum atomic E-state index is 12.0. The van der Waals surface area contributed by atoms with Gasteiger partial charge in [-0.3, -0.25) is 10.2 Å². The number of carbonyl (C=O) groups excluding carboxylic acids is 1. The fraction of sp³-hybridized carbons (Fsp3) is 0.300. The summed E-state index contributed by atoms with van der Waals surface area (Å²) < 4.78 is 26.7. The van der Waals surface area contributed by atoms with E-state index in [-0.39, 0.29) is 16.5 Å². The number of benzene rings is 1. The third-order valence-electron chi connectivity index (χ3n) is 1.95. The van der Waals surface area contributed by atoms with Crippen LogP contribution in [0.1, 0.15) is 0 Å². The van der Waals surface area contributed by atoms with Crippen LogP contribution in [0.15, 0.2) is 27.6 Å². The molecule has 0 unspecified atom stereocenters. The van der Waals surface area contributed by atoms with E-state index in [0.29, 0.717) is 4.47 Å². The van der Waals surface area contributed by atoms with Crippen molar-refractivity contribution in [2.75, 3.05) is 20.6 Å². The molecule has 0 aliphatic heterocycles. The first kappa shape index (κ1) is 16.4. The lowest BCUT2D eigenvalue weighted by Gasteiger charge is -2.12. The first-order valence-corrected chi connectivity index (χ1v) is 7.79. The van der Waals surface area contributed by atoms with Crippen molar-refractivity contribution in [3.05, 3.63) is 27.7 Å². The first-order chi connectivity index (χ1) is 8.72. The van der Waals surface area contributed by atoms with Crippen molar-refractivity contribution in [2.24, 2.45) is 0 Å². The summed E-state index contributed by atoms with van der Waals surface area (Å²) in [5, 5.41) is 1.50. The first-order valence-electron chi connectivity index (χ1n) is 5.14. The van der Waals surface area contributed by atoms with Crippen LogP contribution in [0, 0.1) is 0 Å². The Hall–Kier alpha value is -0.670. The molecule has 0 saturated carbocycles. The monoisotopic (exact) mass is 369 g/mol. The lowest BCUT2D eigenvalue weighted by molar-refractivity contribution is -0.123. The van der Waals surface area contributed by atoms with Gasteiger partial charge >= 0.3 is 0 Å². The van der Waals surface area contributed by atoms with Gasteiger partial charge in [0.15, 0.2) is 0 Å². The summed E-state index contributed by atoms with van der Waals surface area (Å²) in [4.78, 5) is 11.3. The molecule has 0 fully saturated rings. The van der Waals surface area contributed by atoms with E-state index in [4.69, 9.17) is 11.6 Å². The van der Waals surface area contributed by atoms with Crippen LogP contribution in [0.25, 0.3) is 0 Å². The highest BCUT2D eigenvalue weighted by Crippen LogP contribution is 2.24. The zero-order valence-corrected chi connectivity index (χ0v) is 13.4. The number of carbonyl (C=O) groups is 1. The Kier molecular flexibility index (Phi) is 5.75. The Morgan fingerprint density at radius 1 is 1.42 bits per heavy atom. The second kappa shape index (κ2) is 6.67. The maximum Gasteiger partial charge on any atom is 0.249 e. The van der Waals surface area contributed by atoms with Gasteiger partial charge in [0.1, 0.15) is 4.90 Å².